The molecule has 3 heteroatoms. The van der Waals surface area contributed by atoms with Gasteiger partial charge in [-0.15, -0.1) is 0 Å². The van der Waals surface area contributed by atoms with Gasteiger partial charge >= 0.3 is 0 Å². The van der Waals surface area contributed by atoms with Crippen molar-refractivity contribution in [1.29, 1.82) is 0 Å². The van der Waals surface area contributed by atoms with E-state index in [9.17, 15) is 0 Å². The highest BCUT2D eigenvalue weighted by molar-refractivity contribution is 5.81. The minimum atomic E-state index is 0.917. The number of nitrogens with zero attached hydrogens (tertiary/aromatic N) is 2. The Hall–Kier alpha value is -3.07. The standard InChI is InChI=1S/C22H23N3/c1-2-25(18-20-9-5-3-6-10-20)22-15-13-19(14-16-22)17-23-24-21-11-7-4-8-12-21/h3-17,24H,2,18H2,1H3/b23-17-. The third-order valence-electron chi connectivity index (χ3n) is 4.04. The van der Waals surface area contributed by atoms with Gasteiger partial charge in [0, 0.05) is 18.8 Å². The minimum Gasteiger partial charge on any atom is -0.367 e. The van der Waals surface area contributed by atoms with Crippen molar-refractivity contribution in [1.82, 2.24) is 0 Å². The molecular formula is C22H23N3. The van der Waals surface area contributed by atoms with Crippen LogP contribution in [0.2, 0.25) is 0 Å². The van der Waals surface area contributed by atoms with E-state index >= 15 is 0 Å². The summed E-state index contributed by atoms with van der Waals surface area (Å²) in [5.74, 6) is 0. The number of anilines is 2. The Morgan fingerprint density at radius 3 is 2.12 bits per heavy atom. The van der Waals surface area contributed by atoms with E-state index in [1.165, 1.54) is 11.3 Å². The van der Waals surface area contributed by atoms with Gasteiger partial charge in [0.15, 0.2) is 0 Å². The molecule has 0 aliphatic carbocycles. The number of rotatable bonds is 7. The normalized spacial score (nSPS) is 10.8. The van der Waals surface area contributed by atoms with Crippen LogP contribution in [0.25, 0.3) is 0 Å². The topological polar surface area (TPSA) is 27.6 Å². The predicted molar refractivity (Wildman–Crippen MR) is 107 cm³/mol. The molecule has 0 aliphatic heterocycles. The summed E-state index contributed by atoms with van der Waals surface area (Å²) in [6.45, 7) is 4.07. The van der Waals surface area contributed by atoms with Crippen LogP contribution < -0.4 is 10.3 Å². The maximum atomic E-state index is 4.29. The van der Waals surface area contributed by atoms with Gasteiger partial charge in [0.1, 0.15) is 0 Å². The van der Waals surface area contributed by atoms with E-state index in [-0.39, 0.29) is 0 Å². The molecule has 0 amide bonds. The summed E-state index contributed by atoms with van der Waals surface area (Å²) in [6, 6.07) is 29.0. The lowest BCUT2D eigenvalue weighted by Gasteiger charge is -2.23. The van der Waals surface area contributed by atoms with Gasteiger partial charge in [-0.05, 0) is 42.3 Å². The predicted octanol–water partition coefficient (Wildman–Crippen LogP) is 5.16. The summed E-state index contributed by atoms with van der Waals surface area (Å²) in [5, 5.41) is 4.29. The SMILES string of the molecule is CCN(Cc1ccccc1)c1ccc(/C=N\Nc2ccccc2)cc1. The van der Waals surface area contributed by atoms with Gasteiger partial charge < -0.3 is 4.90 Å². The van der Waals surface area contributed by atoms with Gasteiger partial charge in [-0.3, -0.25) is 5.43 Å². The first-order valence-corrected chi connectivity index (χ1v) is 8.58. The summed E-state index contributed by atoms with van der Waals surface area (Å²) in [5.41, 5.74) is 7.63. The molecule has 0 unspecified atom stereocenters. The summed E-state index contributed by atoms with van der Waals surface area (Å²) < 4.78 is 0. The maximum Gasteiger partial charge on any atom is 0.0561 e. The Labute approximate surface area is 149 Å². The molecule has 0 saturated heterocycles. The number of benzene rings is 3. The molecule has 0 heterocycles. The van der Waals surface area contributed by atoms with Crippen molar-refractivity contribution >= 4 is 17.6 Å². The number of para-hydroxylation sites is 1. The molecule has 1 N–H and O–H groups in total. The molecule has 3 aromatic rings. The number of nitrogens with one attached hydrogen (secondary N) is 1. The van der Waals surface area contributed by atoms with Gasteiger partial charge in [0.2, 0.25) is 0 Å². The summed E-state index contributed by atoms with van der Waals surface area (Å²) in [6.07, 6.45) is 1.84. The van der Waals surface area contributed by atoms with Crippen molar-refractivity contribution in [2.45, 2.75) is 13.5 Å². The molecule has 0 bridgehead atoms. The fraction of sp³-hybridized carbons (Fsp3) is 0.136. The van der Waals surface area contributed by atoms with Crippen molar-refractivity contribution in [2.24, 2.45) is 5.10 Å². The van der Waals surface area contributed by atoms with Crippen LogP contribution in [0.1, 0.15) is 18.1 Å². The van der Waals surface area contributed by atoms with Gasteiger partial charge in [-0.25, -0.2) is 0 Å². The van der Waals surface area contributed by atoms with Gasteiger partial charge in [0.05, 0.1) is 11.9 Å². The molecule has 0 fully saturated rings. The highest BCUT2D eigenvalue weighted by atomic mass is 15.3. The zero-order valence-electron chi connectivity index (χ0n) is 14.5. The number of hydrogen-bond acceptors (Lipinski definition) is 3. The zero-order valence-corrected chi connectivity index (χ0v) is 14.5. The van der Waals surface area contributed by atoms with Crippen molar-refractivity contribution < 1.29 is 0 Å². The van der Waals surface area contributed by atoms with E-state index in [4.69, 9.17) is 0 Å². The highest BCUT2D eigenvalue weighted by Gasteiger charge is 2.04. The minimum absolute atomic E-state index is 0.917. The lowest BCUT2D eigenvalue weighted by Crippen LogP contribution is -2.21. The third-order valence-corrected chi connectivity index (χ3v) is 4.04. The van der Waals surface area contributed by atoms with Crippen molar-refractivity contribution in [3.05, 3.63) is 96.1 Å². The second kappa shape index (κ2) is 8.69. The summed E-state index contributed by atoms with van der Waals surface area (Å²) in [7, 11) is 0. The van der Waals surface area contributed by atoms with E-state index in [1.807, 2.05) is 36.5 Å². The smallest absolute Gasteiger partial charge is 0.0561 e. The van der Waals surface area contributed by atoms with Crippen LogP contribution in [0, 0.1) is 0 Å². The Morgan fingerprint density at radius 2 is 1.48 bits per heavy atom. The van der Waals surface area contributed by atoms with Gasteiger partial charge in [0.25, 0.3) is 0 Å². The van der Waals surface area contributed by atoms with Crippen molar-refractivity contribution in [2.75, 3.05) is 16.9 Å². The van der Waals surface area contributed by atoms with E-state index in [0.29, 0.717) is 0 Å². The van der Waals surface area contributed by atoms with E-state index in [2.05, 4.69) is 76.9 Å². The van der Waals surface area contributed by atoms with Crippen LogP contribution in [0.4, 0.5) is 11.4 Å². The first-order valence-electron chi connectivity index (χ1n) is 8.58. The fourth-order valence-corrected chi connectivity index (χ4v) is 2.65. The first-order chi connectivity index (χ1) is 12.3. The second-order valence-electron chi connectivity index (χ2n) is 5.83. The summed E-state index contributed by atoms with van der Waals surface area (Å²) in [4.78, 5) is 2.36. The molecule has 0 aromatic heterocycles. The van der Waals surface area contributed by atoms with Crippen LogP contribution in [0.15, 0.2) is 90.0 Å². The molecule has 3 rings (SSSR count). The maximum absolute atomic E-state index is 4.29. The van der Waals surface area contributed by atoms with Crippen LogP contribution in [-0.2, 0) is 6.54 Å². The molecule has 25 heavy (non-hydrogen) atoms. The highest BCUT2D eigenvalue weighted by Crippen LogP contribution is 2.17. The lowest BCUT2D eigenvalue weighted by molar-refractivity contribution is 0.832. The van der Waals surface area contributed by atoms with Crippen molar-refractivity contribution in [3.63, 3.8) is 0 Å². The van der Waals surface area contributed by atoms with Crippen LogP contribution in [-0.4, -0.2) is 12.8 Å². The average molecular weight is 329 g/mol. The average Bonchev–Trinajstić information content (AvgIpc) is 2.68. The quantitative estimate of drug-likeness (QED) is 0.479. The Morgan fingerprint density at radius 1 is 0.840 bits per heavy atom. The van der Waals surface area contributed by atoms with E-state index in [1.54, 1.807) is 0 Å². The first kappa shape index (κ1) is 16.8. The lowest BCUT2D eigenvalue weighted by atomic mass is 10.1. The van der Waals surface area contributed by atoms with Crippen LogP contribution in [0.5, 0.6) is 0 Å². The molecule has 0 aliphatic rings. The van der Waals surface area contributed by atoms with Crippen LogP contribution >= 0.6 is 0 Å². The number of hydrogen-bond donors (Lipinski definition) is 1. The molecule has 0 radical (unpaired) electrons. The second-order valence-corrected chi connectivity index (χ2v) is 5.83. The van der Waals surface area contributed by atoms with E-state index < -0.39 is 0 Å². The fourth-order valence-electron chi connectivity index (χ4n) is 2.65. The molecule has 0 saturated carbocycles. The Kier molecular flexibility index (Phi) is 5.83. The van der Waals surface area contributed by atoms with Gasteiger partial charge in [-0.1, -0.05) is 60.7 Å². The Balaban J connectivity index is 1.62. The molecule has 126 valence electrons. The molecule has 0 spiro atoms. The molecular weight excluding hydrogens is 306 g/mol. The molecule has 3 aromatic carbocycles. The molecule has 0 atom stereocenters. The number of hydrazone groups is 1. The van der Waals surface area contributed by atoms with Gasteiger partial charge in [-0.2, -0.15) is 5.10 Å². The van der Waals surface area contributed by atoms with E-state index in [0.717, 1.165) is 24.3 Å². The monoisotopic (exact) mass is 329 g/mol. The van der Waals surface area contributed by atoms with Crippen molar-refractivity contribution in [3.8, 4) is 0 Å². The zero-order chi connectivity index (χ0) is 17.3. The Bertz CT molecular complexity index is 781. The third kappa shape index (κ3) is 4.95. The molecule has 3 nitrogen and oxygen atoms in total. The van der Waals surface area contributed by atoms with Crippen LogP contribution in [0.3, 0.4) is 0 Å². The largest absolute Gasteiger partial charge is 0.367 e. The summed E-state index contributed by atoms with van der Waals surface area (Å²) >= 11 is 0.